The Labute approximate surface area is 74.2 Å². The first-order valence-corrected chi connectivity index (χ1v) is 4.94. The van der Waals surface area contributed by atoms with Gasteiger partial charge in [0, 0.05) is 6.04 Å². The summed E-state index contributed by atoms with van der Waals surface area (Å²) in [5.41, 5.74) is 0. The molecule has 1 saturated carbocycles. The van der Waals surface area contributed by atoms with E-state index in [9.17, 15) is 0 Å². The number of likely N-dealkylation sites (tertiary alicyclic amines) is 1. The predicted molar refractivity (Wildman–Crippen MR) is 47.5 cm³/mol. The standard InChI is InChI=1S/C10H16N2/c1-12-9(7-11)6-8-4-2-3-5-10(8)12/h8-10H,2-6H2,1H3/t8-,9?,10+/m1/s1. The fraction of sp³-hybridized carbons (Fsp3) is 0.900. The highest BCUT2D eigenvalue weighted by molar-refractivity contribution is 5.03. The van der Waals surface area contributed by atoms with Crippen molar-refractivity contribution in [2.75, 3.05) is 7.05 Å². The smallest absolute Gasteiger partial charge is 0.0981 e. The SMILES string of the molecule is CN1C(C#N)C[C@H]2CCCC[C@@H]21. The zero-order chi connectivity index (χ0) is 8.55. The maximum absolute atomic E-state index is 8.89. The van der Waals surface area contributed by atoms with E-state index in [1.165, 1.54) is 25.7 Å². The second kappa shape index (κ2) is 3.06. The molecule has 0 spiro atoms. The fourth-order valence-electron chi connectivity index (χ4n) is 2.83. The van der Waals surface area contributed by atoms with Crippen molar-refractivity contribution in [3.05, 3.63) is 0 Å². The van der Waals surface area contributed by atoms with Crippen LogP contribution >= 0.6 is 0 Å². The summed E-state index contributed by atoms with van der Waals surface area (Å²) in [7, 11) is 2.11. The number of nitrogens with zero attached hydrogens (tertiary/aromatic N) is 2. The summed E-state index contributed by atoms with van der Waals surface area (Å²) in [5.74, 6) is 0.827. The molecular formula is C10H16N2. The number of fused-ring (bicyclic) bond motifs is 1. The molecule has 0 aromatic heterocycles. The van der Waals surface area contributed by atoms with Gasteiger partial charge in [-0.3, -0.25) is 4.90 Å². The minimum Gasteiger partial charge on any atom is -0.288 e. The van der Waals surface area contributed by atoms with Crippen molar-refractivity contribution in [1.29, 1.82) is 5.26 Å². The molecular weight excluding hydrogens is 148 g/mol. The molecule has 66 valence electrons. The zero-order valence-electron chi connectivity index (χ0n) is 7.66. The third-order valence-electron chi connectivity index (χ3n) is 3.56. The van der Waals surface area contributed by atoms with E-state index in [-0.39, 0.29) is 6.04 Å². The average Bonchev–Trinajstić information content (AvgIpc) is 2.44. The van der Waals surface area contributed by atoms with Crippen molar-refractivity contribution in [1.82, 2.24) is 4.90 Å². The summed E-state index contributed by atoms with van der Waals surface area (Å²) in [6.45, 7) is 0. The third-order valence-corrected chi connectivity index (χ3v) is 3.56. The Hall–Kier alpha value is -0.550. The van der Waals surface area contributed by atoms with Crippen molar-refractivity contribution in [3.8, 4) is 6.07 Å². The van der Waals surface area contributed by atoms with Gasteiger partial charge in [0.05, 0.1) is 12.1 Å². The first-order valence-electron chi connectivity index (χ1n) is 4.94. The first-order chi connectivity index (χ1) is 5.83. The Bertz CT molecular complexity index is 206. The van der Waals surface area contributed by atoms with Crippen molar-refractivity contribution in [3.63, 3.8) is 0 Å². The van der Waals surface area contributed by atoms with Crippen molar-refractivity contribution in [2.45, 2.75) is 44.2 Å². The molecule has 0 N–H and O–H groups in total. The van der Waals surface area contributed by atoms with Crippen LogP contribution in [0.4, 0.5) is 0 Å². The number of rotatable bonds is 0. The normalized spacial score (nSPS) is 42.2. The molecule has 1 aliphatic carbocycles. The lowest BCUT2D eigenvalue weighted by atomic mass is 9.85. The maximum atomic E-state index is 8.89. The van der Waals surface area contributed by atoms with Gasteiger partial charge >= 0.3 is 0 Å². The van der Waals surface area contributed by atoms with Gasteiger partial charge in [0.2, 0.25) is 0 Å². The van der Waals surface area contributed by atoms with Crippen LogP contribution in [0.25, 0.3) is 0 Å². The molecule has 0 amide bonds. The van der Waals surface area contributed by atoms with Crippen LogP contribution < -0.4 is 0 Å². The topological polar surface area (TPSA) is 27.0 Å². The first kappa shape index (κ1) is 8.07. The number of hydrogen-bond donors (Lipinski definition) is 0. The number of nitriles is 1. The van der Waals surface area contributed by atoms with Crippen molar-refractivity contribution < 1.29 is 0 Å². The molecule has 0 radical (unpaired) electrons. The molecule has 1 saturated heterocycles. The largest absolute Gasteiger partial charge is 0.288 e. The van der Waals surface area contributed by atoms with Gasteiger partial charge in [-0.1, -0.05) is 12.8 Å². The van der Waals surface area contributed by atoms with Gasteiger partial charge < -0.3 is 0 Å². The Morgan fingerprint density at radius 3 is 2.75 bits per heavy atom. The van der Waals surface area contributed by atoms with Gasteiger partial charge in [-0.15, -0.1) is 0 Å². The molecule has 0 bridgehead atoms. The van der Waals surface area contributed by atoms with E-state index in [2.05, 4.69) is 18.0 Å². The second-order valence-corrected chi connectivity index (χ2v) is 4.16. The van der Waals surface area contributed by atoms with Crippen LogP contribution in [0.1, 0.15) is 32.1 Å². The summed E-state index contributed by atoms with van der Waals surface area (Å²) < 4.78 is 0. The molecule has 0 aromatic rings. The van der Waals surface area contributed by atoms with Gasteiger partial charge in [0.1, 0.15) is 0 Å². The van der Waals surface area contributed by atoms with Crippen LogP contribution in [0, 0.1) is 17.2 Å². The lowest BCUT2D eigenvalue weighted by molar-refractivity contribution is 0.201. The Kier molecular flexibility index (Phi) is 2.06. The third kappa shape index (κ3) is 1.13. The highest BCUT2D eigenvalue weighted by Gasteiger charge is 2.39. The molecule has 1 heterocycles. The molecule has 1 unspecified atom stereocenters. The van der Waals surface area contributed by atoms with E-state index in [4.69, 9.17) is 5.26 Å². The van der Waals surface area contributed by atoms with Crippen molar-refractivity contribution in [2.24, 2.45) is 5.92 Å². The van der Waals surface area contributed by atoms with Gasteiger partial charge in [0.15, 0.2) is 0 Å². The van der Waals surface area contributed by atoms with Crippen LogP contribution in [0.3, 0.4) is 0 Å². The molecule has 3 atom stereocenters. The van der Waals surface area contributed by atoms with Crippen LogP contribution in [-0.4, -0.2) is 24.0 Å². The summed E-state index contributed by atoms with van der Waals surface area (Å²) in [6, 6.07) is 3.33. The Balaban J connectivity index is 2.09. The molecule has 1 aliphatic heterocycles. The molecule has 2 nitrogen and oxygen atoms in total. The highest BCUT2D eigenvalue weighted by Crippen LogP contribution is 2.38. The van der Waals surface area contributed by atoms with E-state index >= 15 is 0 Å². The van der Waals surface area contributed by atoms with Gasteiger partial charge in [-0.2, -0.15) is 5.26 Å². The molecule has 2 fully saturated rings. The van der Waals surface area contributed by atoms with Gasteiger partial charge in [-0.25, -0.2) is 0 Å². The van der Waals surface area contributed by atoms with Crippen LogP contribution in [-0.2, 0) is 0 Å². The lowest BCUT2D eigenvalue weighted by Gasteiger charge is -2.29. The van der Waals surface area contributed by atoms with E-state index < -0.39 is 0 Å². The maximum Gasteiger partial charge on any atom is 0.0981 e. The van der Waals surface area contributed by atoms with E-state index in [1.54, 1.807) is 0 Å². The van der Waals surface area contributed by atoms with Crippen LogP contribution in [0.15, 0.2) is 0 Å². The predicted octanol–water partition coefficient (Wildman–Crippen LogP) is 1.77. The van der Waals surface area contributed by atoms with E-state index in [0.717, 1.165) is 18.4 Å². The minimum atomic E-state index is 0.207. The monoisotopic (exact) mass is 164 g/mol. The molecule has 12 heavy (non-hydrogen) atoms. The molecule has 0 aromatic carbocycles. The Morgan fingerprint density at radius 2 is 2.08 bits per heavy atom. The number of hydrogen-bond acceptors (Lipinski definition) is 2. The second-order valence-electron chi connectivity index (χ2n) is 4.16. The fourth-order valence-corrected chi connectivity index (χ4v) is 2.83. The molecule has 2 heteroatoms. The highest BCUT2D eigenvalue weighted by atomic mass is 15.2. The summed E-state index contributed by atoms with van der Waals surface area (Å²) in [5, 5.41) is 8.89. The minimum absolute atomic E-state index is 0.207. The molecule has 2 rings (SSSR count). The summed E-state index contributed by atoms with van der Waals surface area (Å²) in [4.78, 5) is 2.30. The Morgan fingerprint density at radius 1 is 1.33 bits per heavy atom. The van der Waals surface area contributed by atoms with Crippen LogP contribution in [0.2, 0.25) is 0 Å². The van der Waals surface area contributed by atoms with E-state index in [0.29, 0.717) is 0 Å². The molecule has 2 aliphatic rings. The van der Waals surface area contributed by atoms with Crippen molar-refractivity contribution >= 4 is 0 Å². The van der Waals surface area contributed by atoms with Gasteiger partial charge in [-0.05, 0) is 32.2 Å². The quantitative estimate of drug-likeness (QED) is 0.545. The summed E-state index contributed by atoms with van der Waals surface area (Å²) >= 11 is 0. The van der Waals surface area contributed by atoms with Crippen LogP contribution in [0.5, 0.6) is 0 Å². The zero-order valence-corrected chi connectivity index (χ0v) is 7.66. The van der Waals surface area contributed by atoms with Gasteiger partial charge in [0.25, 0.3) is 0 Å². The summed E-state index contributed by atoms with van der Waals surface area (Å²) in [6.07, 6.45) is 6.54. The average molecular weight is 164 g/mol. The van der Waals surface area contributed by atoms with E-state index in [1.807, 2.05) is 0 Å². The lowest BCUT2D eigenvalue weighted by Crippen LogP contribution is -2.34.